The lowest BCUT2D eigenvalue weighted by Crippen LogP contribution is -2.58. The number of carbonyl (C=O) groups is 1. The van der Waals surface area contributed by atoms with E-state index in [4.69, 9.17) is 0 Å². The second-order valence-electron chi connectivity index (χ2n) is 5.50. The molecule has 1 saturated heterocycles. The van der Waals surface area contributed by atoms with Gasteiger partial charge < -0.3 is 10.2 Å². The van der Waals surface area contributed by atoms with Crippen LogP contribution < -0.4 is 5.32 Å². The Labute approximate surface area is 118 Å². The van der Waals surface area contributed by atoms with Crippen LogP contribution in [-0.4, -0.2) is 41.7 Å². The molecule has 0 bridgehead atoms. The highest BCUT2D eigenvalue weighted by atomic mass is 32.2. The van der Waals surface area contributed by atoms with E-state index in [-0.39, 0.29) is 18.0 Å². The second-order valence-corrected chi connectivity index (χ2v) is 6.57. The topological polar surface area (TPSA) is 32.3 Å². The van der Waals surface area contributed by atoms with Crippen LogP contribution in [0.15, 0.2) is 29.2 Å². The quantitative estimate of drug-likeness (QED) is 0.852. The SMILES string of the molecule is CC1CNCC(C)N1C(=O)C1CSc2ccccc21. The first kappa shape index (κ1) is 13.0. The van der Waals surface area contributed by atoms with Crippen LogP contribution in [0.3, 0.4) is 0 Å². The smallest absolute Gasteiger partial charge is 0.231 e. The third kappa shape index (κ3) is 2.28. The van der Waals surface area contributed by atoms with Crippen LogP contribution in [0.4, 0.5) is 0 Å². The maximum atomic E-state index is 12.9. The van der Waals surface area contributed by atoms with Crippen molar-refractivity contribution in [3.63, 3.8) is 0 Å². The molecule has 3 unspecified atom stereocenters. The molecule has 0 aliphatic carbocycles. The molecule has 1 aromatic carbocycles. The Morgan fingerprint density at radius 2 is 1.95 bits per heavy atom. The zero-order valence-corrected chi connectivity index (χ0v) is 12.2. The minimum absolute atomic E-state index is 0.0456. The van der Waals surface area contributed by atoms with Crippen molar-refractivity contribution in [2.24, 2.45) is 0 Å². The number of rotatable bonds is 1. The van der Waals surface area contributed by atoms with Gasteiger partial charge in [0.1, 0.15) is 0 Å². The van der Waals surface area contributed by atoms with Crippen LogP contribution in [0, 0.1) is 0 Å². The van der Waals surface area contributed by atoms with Gasteiger partial charge in [0.15, 0.2) is 0 Å². The van der Waals surface area contributed by atoms with Crippen LogP contribution in [0.2, 0.25) is 0 Å². The molecule has 2 aliphatic rings. The van der Waals surface area contributed by atoms with Crippen molar-refractivity contribution in [2.75, 3.05) is 18.8 Å². The van der Waals surface area contributed by atoms with E-state index in [1.54, 1.807) is 0 Å². The summed E-state index contributed by atoms with van der Waals surface area (Å²) in [4.78, 5) is 16.2. The highest BCUT2D eigenvalue weighted by Gasteiger charge is 2.37. The Morgan fingerprint density at radius 1 is 1.26 bits per heavy atom. The Balaban J connectivity index is 1.85. The summed E-state index contributed by atoms with van der Waals surface area (Å²) in [7, 11) is 0. The molecule has 1 aromatic rings. The zero-order chi connectivity index (χ0) is 13.4. The molecule has 102 valence electrons. The maximum absolute atomic E-state index is 12.9. The summed E-state index contributed by atoms with van der Waals surface area (Å²) in [5, 5.41) is 3.38. The molecular weight excluding hydrogens is 256 g/mol. The largest absolute Gasteiger partial charge is 0.334 e. The van der Waals surface area contributed by atoms with E-state index >= 15 is 0 Å². The molecule has 0 spiro atoms. The van der Waals surface area contributed by atoms with Crippen molar-refractivity contribution in [1.82, 2.24) is 10.2 Å². The third-order valence-corrected chi connectivity index (χ3v) is 5.26. The average molecular weight is 276 g/mol. The van der Waals surface area contributed by atoms with Gasteiger partial charge in [0.25, 0.3) is 0 Å². The van der Waals surface area contributed by atoms with Gasteiger partial charge >= 0.3 is 0 Å². The lowest BCUT2D eigenvalue weighted by Gasteiger charge is -2.40. The van der Waals surface area contributed by atoms with E-state index in [1.807, 2.05) is 17.8 Å². The van der Waals surface area contributed by atoms with Crippen LogP contribution >= 0.6 is 11.8 Å². The van der Waals surface area contributed by atoms with Crippen molar-refractivity contribution in [1.29, 1.82) is 0 Å². The predicted octanol–water partition coefficient (Wildman–Crippen LogP) is 2.08. The highest BCUT2D eigenvalue weighted by Crippen LogP contribution is 2.40. The normalized spacial score (nSPS) is 30.2. The van der Waals surface area contributed by atoms with Gasteiger partial charge in [-0.3, -0.25) is 4.79 Å². The minimum Gasteiger partial charge on any atom is -0.334 e. The first-order chi connectivity index (χ1) is 9.18. The summed E-state index contributed by atoms with van der Waals surface area (Å²) in [6.45, 7) is 6.07. The summed E-state index contributed by atoms with van der Waals surface area (Å²) in [6.07, 6.45) is 0. The molecule has 3 rings (SSSR count). The van der Waals surface area contributed by atoms with Gasteiger partial charge in [-0.25, -0.2) is 0 Å². The first-order valence-corrected chi connectivity index (χ1v) is 7.91. The fourth-order valence-electron chi connectivity index (χ4n) is 3.11. The van der Waals surface area contributed by atoms with Gasteiger partial charge in [-0.15, -0.1) is 11.8 Å². The van der Waals surface area contributed by atoms with Gasteiger partial charge in [0, 0.05) is 35.8 Å². The predicted molar refractivity (Wildman–Crippen MR) is 78.5 cm³/mol. The van der Waals surface area contributed by atoms with E-state index in [0.717, 1.165) is 18.8 Å². The zero-order valence-electron chi connectivity index (χ0n) is 11.4. The second kappa shape index (κ2) is 5.17. The molecule has 2 heterocycles. The maximum Gasteiger partial charge on any atom is 0.231 e. The van der Waals surface area contributed by atoms with Crippen molar-refractivity contribution < 1.29 is 4.79 Å². The monoisotopic (exact) mass is 276 g/mol. The standard InChI is InChI=1S/C15H20N2OS/c1-10-7-16-8-11(2)17(10)15(18)13-9-19-14-6-4-3-5-12(13)14/h3-6,10-11,13,16H,7-9H2,1-2H3. The number of hydrogen-bond donors (Lipinski definition) is 1. The summed E-state index contributed by atoms with van der Waals surface area (Å²) in [6, 6.07) is 8.89. The summed E-state index contributed by atoms with van der Waals surface area (Å²) in [5.41, 5.74) is 1.22. The lowest BCUT2D eigenvalue weighted by atomic mass is 9.97. The van der Waals surface area contributed by atoms with Gasteiger partial charge in [-0.1, -0.05) is 18.2 Å². The van der Waals surface area contributed by atoms with Gasteiger partial charge in [-0.05, 0) is 25.5 Å². The van der Waals surface area contributed by atoms with Crippen LogP contribution in [-0.2, 0) is 4.79 Å². The van der Waals surface area contributed by atoms with E-state index in [9.17, 15) is 4.79 Å². The summed E-state index contributed by atoms with van der Waals surface area (Å²) < 4.78 is 0. The fourth-order valence-corrected chi connectivity index (χ4v) is 4.33. The molecular formula is C15H20N2OS. The van der Waals surface area contributed by atoms with Crippen LogP contribution in [0.5, 0.6) is 0 Å². The number of fused-ring (bicyclic) bond motifs is 1. The Bertz CT molecular complexity index is 481. The van der Waals surface area contributed by atoms with Gasteiger partial charge in [-0.2, -0.15) is 0 Å². The molecule has 0 aromatic heterocycles. The molecule has 1 amide bonds. The number of benzene rings is 1. The molecule has 0 radical (unpaired) electrons. The molecule has 19 heavy (non-hydrogen) atoms. The number of thioether (sulfide) groups is 1. The molecule has 4 heteroatoms. The van der Waals surface area contributed by atoms with E-state index in [2.05, 4.69) is 42.3 Å². The Kier molecular flexibility index (Phi) is 3.54. The number of nitrogens with one attached hydrogen (secondary N) is 1. The number of nitrogens with zero attached hydrogens (tertiary/aromatic N) is 1. The van der Waals surface area contributed by atoms with Crippen molar-refractivity contribution in [3.05, 3.63) is 29.8 Å². The van der Waals surface area contributed by atoms with Crippen LogP contribution in [0.25, 0.3) is 0 Å². The summed E-state index contributed by atoms with van der Waals surface area (Å²) >= 11 is 1.81. The third-order valence-electron chi connectivity index (χ3n) is 4.08. The average Bonchev–Trinajstić information content (AvgIpc) is 2.82. The molecule has 1 fully saturated rings. The number of carbonyl (C=O) groups excluding carboxylic acids is 1. The summed E-state index contributed by atoms with van der Waals surface area (Å²) in [5.74, 6) is 1.24. The van der Waals surface area contributed by atoms with Gasteiger partial charge in [0.05, 0.1) is 5.92 Å². The highest BCUT2D eigenvalue weighted by molar-refractivity contribution is 7.99. The molecule has 2 aliphatic heterocycles. The van der Waals surface area contributed by atoms with E-state index in [0.29, 0.717) is 5.91 Å². The molecule has 1 N–H and O–H groups in total. The van der Waals surface area contributed by atoms with Crippen LogP contribution in [0.1, 0.15) is 25.3 Å². The van der Waals surface area contributed by atoms with Crippen molar-refractivity contribution in [3.8, 4) is 0 Å². The minimum atomic E-state index is 0.0456. The first-order valence-electron chi connectivity index (χ1n) is 6.93. The Hall–Kier alpha value is -1.00. The fraction of sp³-hybridized carbons (Fsp3) is 0.533. The molecule has 3 atom stereocenters. The van der Waals surface area contributed by atoms with Crippen molar-refractivity contribution >= 4 is 17.7 Å². The number of amides is 1. The lowest BCUT2D eigenvalue weighted by molar-refractivity contribution is -0.137. The van der Waals surface area contributed by atoms with E-state index < -0.39 is 0 Å². The van der Waals surface area contributed by atoms with E-state index in [1.165, 1.54) is 10.5 Å². The number of hydrogen-bond acceptors (Lipinski definition) is 3. The molecule has 3 nitrogen and oxygen atoms in total. The number of piperazine rings is 1. The Morgan fingerprint density at radius 3 is 2.68 bits per heavy atom. The van der Waals surface area contributed by atoms with Crippen molar-refractivity contribution in [2.45, 2.75) is 36.7 Å². The molecule has 0 saturated carbocycles. The van der Waals surface area contributed by atoms with Gasteiger partial charge in [0.2, 0.25) is 5.91 Å².